The second-order valence-corrected chi connectivity index (χ2v) is 6.96. The van der Waals surface area contributed by atoms with Crippen LogP contribution in [-0.2, 0) is 9.53 Å². The number of methoxy groups -OCH3 is 1. The number of carbonyl (C=O) groups is 1. The molecule has 1 aromatic heterocycles. The van der Waals surface area contributed by atoms with Crippen LogP contribution in [0.25, 0.3) is 11.5 Å². The average Bonchev–Trinajstić information content (AvgIpc) is 3.18. The van der Waals surface area contributed by atoms with Gasteiger partial charge in [0.15, 0.2) is 6.10 Å². The average molecular weight is 384 g/mol. The lowest BCUT2D eigenvalue weighted by Gasteiger charge is -2.09. The smallest absolute Gasteiger partial charge is 0.317 e. The highest BCUT2D eigenvalue weighted by atomic mass is 32.2. The number of hydrogen-bond donors (Lipinski definition) is 0. The number of thioether (sulfide) groups is 1. The Hall–Kier alpha value is -2.80. The minimum atomic E-state index is -0.610. The number of esters is 1. The van der Waals surface area contributed by atoms with E-state index >= 15 is 0 Å². The molecule has 0 aliphatic carbocycles. The van der Waals surface area contributed by atoms with Gasteiger partial charge in [-0.3, -0.25) is 4.79 Å². The largest absolute Gasteiger partial charge is 0.497 e. The van der Waals surface area contributed by atoms with Gasteiger partial charge < -0.3 is 13.9 Å². The molecule has 0 saturated heterocycles. The van der Waals surface area contributed by atoms with E-state index in [0.717, 1.165) is 21.8 Å². The molecule has 1 heterocycles. The van der Waals surface area contributed by atoms with Crippen molar-refractivity contribution in [2.24, 2.45) is 0 Å². The van der Waals surface area contributed by atoms with E-state index in [1.165, 1.54) is 11.8 Å². The fraction of sp³-hybridized carbons (Fsp3) is 0.250. The van der Waals surface area contributed by atoms with Crippen LogP contribution < -0.4 is 4.74 Å². The van der Waals surface area contributed by atoms with Gasteiger partial charge in [0.05, 0.1) is 12.9 Å². The fourth-order valence-electron chi connectivity index (χ4n) is 2.31. The summed E-state index contributed by atoms with van der Waals surface area (Å²) in [5.74, 6) is 1.29. The predicted molar refractivity (Wildman–Crippen MR) is 103 cm³/mol. The number of nitrogens with zero attached hydrogens (tertiary/aromatic N) is 2. The molecule has 27 heavy (non-hydrogen) atoms. The third-order valence-electron chi connectivity index (χ3n) is 3.81. The van der Waals surface area contributed by atoms with Crippen LogP contribution in [-0.4, -0.2) is 29.0 Å². The highest BCUT2D eigenvalue weighted by Gasteiger charge is 2.19. The van der Waals surface area contributed by atoms with Gasteiger partial charge in [0.25, 0.3) is 5.89 Å². The van der Waals surface area contributed by atoms with Crippen LogP contribution in [0.4, 0.5) is 0 Å². The molecule has 0 unspecified atom stereocenters. The summed E-state index contributed by atoms with van der Waals surface area (Å²) >= 11 is 1.39. The van der Waals surface area contributed by atoms with Crippen molar-refractivity contribution in [3.8, 4) is 17.2 Å². The molecule has 0 amide bonds. The first-order valence-electron chi connectivity index (χ1n) is 8.42. The molecule has 0 saturated carbocycles. The maximum absolute atomic E-state index is 12.1. The van der Waals surface area contributed by atoms with Crippen molar-refractivity contribution in [3.05, 3.63) is 60.0 Å². The Bertz CT molecular complexity index is 891. The summed E-state index contributed by atoms with van der Waals surface area (Å²) in [4.78, 5) is 13.0. The molecule has 0 aliphatic heterocycles. The standard InChI is InChI=1S/C20H20N2O4S/c1-13-4-6-15(7-5-13)20-22-21-19(26-20)14(2)25-18(23)12-27-17-10-8-16(24-3)9-11-17/h4-11,14H,12H2,1-3H3/t14-/m0/s1. The second-order valence-electron chi connectivity index (χ2n) is 5.91. The van der Waals surface area contributed by atoms with E-state index in [2.05, 4.69) is 10.2 Å². The van der Waals surface area contributed by atoms with Gasteiger partial charge in [0.2, 0.25) is 5.89 Å². The molecule has 0 bridgehead atoms. The first-order chi connectivity index (χ1) is 13.0. The topological polar surface area (TPSA) is 74.5 Å². The van der Waals surface area contributed by atoms with Gasteiger partial charge >= 0.3 is 5.97 Å². The molecule has 2 aromatic carbocycles. The molecule has 0 radical (unpaired) electrons. The zero-order valence-electron chi connectivity index (χ0n) is 15.3. The minimum Gasteiger partial charge on any atom is -0.497 e. The molecule has 140 valence electrons. The van der Waals surface area contributed by atoms with Crippen LogP contribution in [0.2, 0.25) is 0 Å². The molecule has 0 fully saturated rings. The Morgan fingerprint density at radius 2 is 1.81 bits per heavy atom. The lowest BCUT2D eigenvalue weighted by atomic mass is 10.1. The second kappa shape index (κ2) is 8.73. The zero-order chi connectivity index (χ0) is 19.2. The summed E-state index contributed by atoms with van der Waals surface area (Å²) in [7, 11) is 1.61. The number of ether oxygens (including phenoxy) is 2. The summed E-state index contributed by atoms with van der Waals surface area (Å²) < 4.78 is 16.1. The van der Waals surface area contributed by atoms with E-state index in [0.29, 0.717) is 5.89 Å². The van der Waals surface area contributed by atoms with Crippen LogP contribution in [0, 0.1) is 6.92 Å². The van der Waals surface area contributed by atoms with E-state index in [4.69, 9.17) is 13.9 Å². The van der Waals surface area contributed by atoms with Crippen LogP contribution in [0.5, 0.6) is 5.75 Å². The summed E-state index contributed by atoms with van der Waals surface area (Å²) in [6, 6.07) is 15.3. The molecule has 0 N–H and O–H groups in total. The lowest BCUT2D eigenvalue weighted by molar-refractivity contribution is -0.146. The normalized spacial score (nSPS) is 11.8. The van der Waals surface area contributed by atoms with Crippen molar-refractivity contribution < 1.29 is 18.7 Å². The van der Waals surface area contributed by atoms with Gasteiger partial charge in [-0.25, -0.2) is 0 Å². The Morgan fingerprint density at radius 3 is 2.48 bits per heavy atom. The van der Waals surface area contributed by atoms with E-state index < -0.39 is 6.10 Å². The van der Waals surface area contributed by atoms with Crippen molar-refractivity contribution >= 4 is 17.7 Å². The number of hydrogen-bond acceptors (Lipinski definition) is 7. The van der Waals surface area contributed by atoms with E-state index in [1.54, 1.807) is 14.0 Å². The first kappa shape index (κ1) is 19.0. The Labute approximate surface area is 161 Å². The van der Waals surface area contributed by atoms with Gasteiger partial charge in [0, 0.05) is 10.5 Å². The number of aromatic nitrogens is 2. The van der Waals surface area contributed by atoms with Crippen LogP contribution >= 0.6 is 11.8 Å². The highest BCUT2D eigenvalue weighted by Crippen LogP contribution is 2.25. The Morgan fingerprint density at radius 1 is 1.11 bits per heavy atom. The first-order valence-corrected chi connectivity index (χ1v) is 9.40. The monoisotopic (exact) mass is 384 g/mol. The van der Waals surface area contributed by atoms with E-state index in [-0.39, 0.29) is 17.6 Å². The van der Waals surface area contributed by atoms with Crippen LogP contribution in [0.15, 0.2) is 57.8 Å². The van der Waals surface area contributed by atoms with Crippen molar-refractivity contribution in [1.82, 2.24) is 10.2 Å². The van der Waals surface area contributed by atoms with Crippen molar-refractivity contribution in [3.63, 3.8) is 0 Å². The maximum atomic E-state index is 12.1. The van der Waals surface area contributed by atoms with Crippen LogP contribution in [0.3, 0.4) is 0 Å². The van der Waals surface area contributed by atoms with Gasteiger partial charge in [-0.05, 0) is 50.2 Å². The Kier molecular flexibility index (Phi) is 6.13. The molecule has 7 heteroatoms. The molecule has 0 spiro atoms. The molecule has 1 atom stereocenters. The van der Waals surface area contributed by atoms with Gasteiger partial charge in [0.1, 0.15) is 5.75 Å². The maximum Gasteiger partial charge on any atom is 0.317 e. The molecule has 3 rings (SSSR count). The molecular formula is C20H20N2O4S. The van der Waals surface area contributed by atoms with Crippen molar-refractivity contribution in [2.45, 2.75) is 24.8 Å². The van der Waals surface area contributed by atoms with E-state index in [9.17, 15) is 4.79 Å². The summed E-state index contributed by atoms with van der Waals surface area (Å²) in [5.41, 5.74) is 1.98. The van der Waals surface area contributed by atoms with Gasteiger partial charge in [-0.2, -0.15) is 0 Å². The number of aryl methyl sites for hydroxylation is 1. The SMILES string of the molecule is COc1ccc(SCC(=O)O[C@@H](C)c2nnc(-c3ccc(C)cc3)o2)cc1. The number of benzene rings is 2. The summed E-state index contributed by atoms with van der Waals surface area (Å²) in [6.45, 7) is 3.72. The summed E-state index contributed by atoms with van der Waals surface area (Å²) in [6.07, 6.45) is -0.610. The zero-order valence-corrected chi connectivity index (χ0v) is 16.2. The van der Waals surface area contributed by atoms with Crippen molar-refractivity contribution in [1.29, 1.82) is 0 Å². The third kappa shape index (κ3) is 5.10. The molecular weight excluding hydrogens is 364 g/mol. The lowest BCUT2D eigenvalue weighted by Crippen LogP contribution is -2.11. The summed E-state index contributed by atoms with van der Waals surface area (Å²) in [5, 5.41) is 8.02. The predicted octanol–water partition coefficient (Wildman–Crippen LogP) is 4.45. The molecule has 6 nitrogen and oxygen atoms in total. The van der Waals surface area contributed by atoms with Crippen LogP contribution in [0.1, 0.15) is 24.5 Å². The fourth-order valence-corrected chi connectivity index (χ4v) is 2.99. The van der Waals surface area contributed by atoms with Gasteiger partial charge in [-0.1, -0.05) is 17.7 Å². The molecule has 3 aromatic rings. The Balaban J connectivity index is 1.54. The quantitative estimate of drug-likeness (QED) is 0.440. The highest BCUT2D eigenvalue weighted by molar-refractivity contribution is 8.00. The van der Waals surface area contributed by atoms with Crippen molar-refractivity contribution in [2.75, 3.05) is 12.9 Å². The van der Waals surface area contributed by atoms with E-state index in [1.807, 2.05) is 55.5 Å². The minimum absolute atomic E-state index is 0.190. The van der Waals surface area contributed by atoms with Gasteiger partial charge in [-0.15, -0.1) is 22.0 Å². The molecule has 0 aliphatic rings. The number of carbonyl (C=O) groups excluding carboxylic acids is 1. The number of rotatable bonds is 7. The third-order valence-corrected chi connectivity index (χ3v) is 4.80.